The van der Waals surface area contributed by atoms with E-state index in [1.807, 2.05) is 20.8 Å². The Kier molecular flexibility index (Phi) is 9.28. The molecule has 0 saturated carbocycles. The predicted octanol–water partition coefficient (Wildman–Crippen LogP) is 0.736. The molecule has 0 aliphatic heterocycles. The first-order valence-corrected chi connectivity index (χ1v) is 6.82. The Morgan fingerprint density at radius 1 is 1.28 bits per heavy atom. The molecule has 0 aliphatic rings. The summed E-state index contributed by atoms with van der Waals surface area (Å²) in [6.45, 7) is 8.26. The normalized spacial score (nSPS) is 12.0. The Balaban J connectivity index is 3.83. The molecule has 0 saturated heterocycles. The minimum atomic E-state index is -0.0305. The lowest BCUT2D eigenvalue weighted by atomic mass is 10.1. The van der Waals surface area contributed by atoms with Crippen molar-refractivity contribution in [3.63, 3.8) is 0 Å². The lowest BCUT2D eigenvalue weighted by molar-refractivity contribution is -0.131. The van der Waals surface area contributed by atoms with E-state index in [1.54, 1.807) is 4.90 Å². The first-order valence-electron chi connectivity index (χ1n) is 6.82. The summed E-state index contributed by atoms with van der Waals surface area (Å²) in [6.07, 6.45) is 2.02. The maximum Gasteiger partial charge on any atom is 0.224 e. The van der Waals surface area contributed by atoms with Crippen molar-refractivity contribution in [3.8, 4) is 0 Å². The third-order valence-electron chi connectivity index (χ3n) is 3.04. The molecule has 0 fully saturated rings. The van der Waals surface area contributed by atoms with Gasteiger partial charge < -0.3 is 16.0 Å². The molecular formula is C13H27N3O2. The highest BCUT2D eigenvalue weighted by Crippen LogP contribution is 2.04. The summed E-state index contributed by atoms with van der Waals surface area (Å²) in [5.41, 5.74) is 5.40. The molecule has 0 aromatic heterocycles. The van der Waals surface area contributed by atoms with Gasteiger partial charge in [-0.2, -0.15) is 0 Å². The summed E-state index contributed by atoms with van der Waals surface area (Å²) in [5.74, 6) is 0.0720. The number of nitrogens with one attached hydrogen (secondary N) is 1. The fourth-order valence-corrected chi connectivity index (χ4v) is 1.76. The molecule has 0 aliphatic carbocycles. The number of carbonyl (C=O) groups is 2. The van der Waals surface area contributed by atoms with Crippen LogP contribution in [0.2, 0.25) is 0 Å². The molecule has 5 heteroatoms. The van der Waals surface area contributed by atoms with Crippen LogP contribution in [0.15, 0.2) is 0 Å². The average Bonchev–Trinajstić information content (AvgIpc) is 2.37. The van der Waals surface area contributed by atoms with Crippen molar-refractivity contribution in [1.29, 1.82) is 0 Å². The fourth-order valence-electron chi connectivity index (χ4n) is 1.76. The largest absolute Gasteiger partial charge is 0.355 e. The Bertz CT molecular complexity index is 253. The van der Waals surface area contributed by atoms with Gasteiger partial charge in [0.1, 0.15) is 0 Å². The number of amides is 2. The van der Waals surface area contributed by atoms with Gasteiger partial charge in [-0.1, -0.05) is 6.92 Å². The van der Waals surface area contributed by atoms with E-state index >= 15 is 0 Å². The molecule has 0 aromatic rings. The molecule has 1 atom stereocenters. The second kappa shape index (κ2) is 9.88. The van der Waals surface area contributed by atoms with Crippen LogP contribution in [0.4, 0.5) is 0 Å². The van der Waals surface area contributed by atoms with Gasteiger partial charge in [0.2, 0.25) is 11.8 Å². The van der Waals surface area contributed by atoms with Crippen molar-refractivity contribution in [2.75, 3.05) is 26.2 Å². The minimum absolute atomic E-state index is 0.01000. The van der Waals surface area contributed by atoms with Crippen LogP contribution in [0.25, 0.3) is 0 Å². The summed E-state index contributed by atoms with van der Waals surface area (Å²) in [5, 5.41) is 2.80. The van der Waals surface area contributed by atoms with Crippen LogP contribution in [0, 0.1) is 5.92 Å². The summed E-state index contributed by atoms with van der Waals surface area (Å²) >= 11 is 0. The van der Waals surface area contributed by atoms with Crippen molar-refractivity contribution in [3.05, 3.63) is 0 Å². The first-order chi connectivity index (χ1) is 8.56. The Hall–Kier alpha value is -1.10. The van der Waals surface area contributed by atoms with Gasteiger partial charge in [0.05, 0.1) is 0 Å². The summed E-state index contributed by atoms with van der Waals surface area (Å²) in [4.78, 5) is 25.1. The number of nitrogens with zero attached hydrogens (tertiary/aromatic N) is 1. The summed E-state index contributed by atoms with van der Waals surface area (Å²) in [7, 11) is 0. The smallest absolute Gasteiger partial charge is 0.224 e. The highest BCUT2D eigenvalue weighted by molar-refractivity contribution is 5.80. The molecule has 0 bridgehead atoms. The first kappa shape index (κ1) is 16.9. The topological polar surface area (TPSA) is 75.4 Å². The molecule has 18 heavy (non-hydrogen) atoms. The molecule has 3 N–H and O–H groups in total. The molecule has 5 nitrogen and oxygen atoms in total. The van der Waals surface area contributed by atoms with E-state index in [2.05, 4.69) is 5.32 Å². The lowest BCUT2D eigenvalue weighted by Crippen LogP contribution is -2.36. The number of rotatable bonds is 9. The van der Waals surface area contributed by atoms with Crippen LogP contribution in [-0.2, 0) is 9.59 Å². The van der Waals surface area contributed by atoms with E-state index in [-0.39, 0.29) is 17.7 Å². The van der Waals surface area contributed by atoms with Gasteiger partial charge in [-0.05, 0) is 33.2 Å². The lowest BCUT2D eigenvalue weighted by Gasteiger charge is -2.19. The number of nitrogens with two attached hydrogens (primary N) is 1. The number of hydrogen-bond acceptors (Lipinski definition) is 3. The monoisotopic (exact) mass is 257 g/mol. The van der Waals surface area contributed by atoms with Crippen LogP contribution in [0.5, 0.6) is 0 Å². The van der Waals surface area contributed by atoms with E-state index in [9.17, 15) is 9.59 Å². The predicted molar refractivity (Wildman–Crippen MR) is 73.0 cm³/mol. The third kappa shape index (κ3) is 6.59. The quantitative estimate of drug-likeness (QED) is 0.639. The van der Waals surface area contributed by atoms with Crippen molar-refractivity contribution in [2.24, 2.45) is 11.7 Å². The van der Waals surface area contributed by atoms with E-state index < -0.39 is 0 Å². The van der Waals surface area contributed by atoms with E-state index in [0.29, 0.717) is 19.5 Å². The highest BCUT2D eigenvalue weighted by atomic mass is 16.2. The van der Waals surface area contributed by atoms with Crippen LogP contribution in [0.3, 0.4) is 0 Å². The average molecular weight is 257 g/mol. The molecule has 0 spiro atoms. The second-order valence-electron chi connectivity index (χ2n) is 4.44. The third-order valence-corrected chi connectivity index (χ3v) is 3.04. The van der Waals surface area contributed by atoms with Crippen LogP contribution in [-0.4, -0.2) is 42.9 Å². The number of carbonyl (C=O) groups excluding carboxylic acids is 2. The van der Waals surface area contributed by atoms with E-state index in [1.165, 1.54) is 0 Å². The molecule has 0 aromatic carbocycles. The van der Waals surface area contributed by atoms with Gasteiger partial charge in [0, 0.05) is 32.0 Å². The summed E-state index contributed by atoms with van der Waals surface area (Å²) < 4.78 is 0. The van der Waals surface area contributed by atoms with Gasteiger partial charge in [-0.25, -0.2) is 0 Å². The fraction of sp³-hybridized carbons (Fsp3) is 0.846. The molecule has 106 valence electrons. The minimum Gasteiger partial charge on any atom is -0.355 e. The molecule has 0 radical (unpaired) electrons. The standard InChI is InChI=1S/C13H27N3O2/c1-4-16(5-2)12(17)8-10-15-13(18)11(3)7-6-9-14/h11H,4-10,14H2,1-3H3,(H,15,18). The van der Waals surface area contributed by atoms with Crippen LogP contribution >= 0.6 is 0 Å². The SMILES string of the molecule is CCN(CC)C(=O)CCNC(=O)C(C)CCCN. The van der Waals surface area contributed by atoms with Crippen LogP contribution in [0.1, 0.15) is 40.0 Å². The Labute approximate surface area is 110 Å². The van der Waals surface area contributed by atoms with E-state index in [0.717, 1.165) is 25.9 Å². The Morgan fingerprint density at radius 2 is 1.89 bits per heavy atom. The van der Waals surface area contributed by atoms with Gasteiger partial charge in [-0.3, -0.25) is 9.59 Å². The molecular weight excluding hydrogens is 230 g/mol. The Morgan fingerprint density at radius 3 is 2.39 bits per heavy atom. The van der Waals surface area contributed by atoms with Gasteiger partial charge in [0.15, 0.2) is 0 Å². The van der Waals surface area contributed by atoms with Crippen LogP contribution < -0.4 is 11.1 Å². The maximum atomic E-state index is 11.7. The van der Waals surface area contributed by atoms with Crippen molar-refractivity contribution in [1.82, 2.24) is 10.2 Å². The molecule has 0 heterocycles. The zero-order valence-corrected chi connectivity index (χ0v) is 11.9. The van der Waals surface area contributed by atoms with Crippen molar-refractivity contribution >= 4 is 11.8 Å². The number of hydrogen-bond donors (Lipinski definition) is 2. The molecule has 1 unspecified atom stereocenters. The van der Waals surface area contributed by atoms with Gasteiger partial charge >= 0.3 is 0 Å². The highest BCUT2D eigenvalue weighted by Gasteiger charge is 2.13. The molecule has 2 amide bonds. The second-order valence-corrected chi connectivity index (χ2v) is 4.44. The van der Waals surface area contributed by atoms with E-state index in [4.69, 9.17) is 5.73 Å². The molecule has 0 rings (SSSR count). The van der Waals surface area contributed by atoms with Gasteiger partial charge in [0.25, 0.3) is 0 Å². The zero-order chi connectivity index (χ0) is 14.0. The van der Waals surface area contributed by atoms with Crippen molar-refractivity contribution < 1.29 is 9.59 Å². The maximum absolute atomic E-state index is 11.7. The zero-order valence-electron chi connectivity index (χ0n) is 11.9. The van der Waals surface area contributed by atoms with Gasteiger partial charge in [-0.15, -0.1) is 0 Å². The van der Waals surface area contributed by atoms with Crippen molar-refractivity contribution in [2.45, 2.75) is 40.0 Å². The summed E-state index contributed by atoms with van der Waals surface area (Å²) in [6, 6.07) is 0.